The Kier molecular flexibility index (Phi) is 10.5. The molecule has 0 saturated heterocycles. The first kappa shape index (κ1) is 16.2. The van der Waals surface area contributed by atoms with Crippen LogP contribution in [0.4, 0.5) is 0 Å². The van der Waals surface area contributed by atoms with Gasteiger partial charge in [-0.25, -0.2) is 0 Å². The van der Waals surface area contributed by atoms with Gasteiger partial charge in [0.2, 0.25) is 0 Å². The molecule has 0 radical (unpaired) electrons. The van der Waals surface area contributed by atoms with Gasteiger partial charge in [-0.1, -0.05) is 59.8 Å². The molecule has 2 heteroatoms. The average Bonchev–Trinajstić information content (AvgIpc) is 2.27. The first-order valence-corrected chi connectivity index (χ1v) is 10.1. The van der Waals surface area contributed by atoms with Crippen LogP contribution in [0.3, 0.4) is 0 Å². The fraction of sp³-hybridized carbons (Fsp3) is 1.00. The third-order valence-electron chi connectivity index (χ3n) is 3.47. The minimum absolute atomic E-state index is 1.10. The second-order valence-corrected chi connectivity index (χ2v) is 9.58. The summed E-state index contributed by atoms with van der Waals surface area (Å²) >= 11 is 0. The smallest absolute Gasteiger partial charge is 0.125 e. The van der Waals surface area contributed by atoms with Crippen molar-refractivity contribution < 1.29 is 0 Å². The Morgan fingerprint density at radius 1 is 0.688 bits per heavy atom. The predicted molar refractivity (Wildman–Crippen MR) is 78.6 cm³/mol. The van der Waals surface area contributed by atoms with Crippen LogP contribution >= 0.6 is 0 Å². The van der Waals surface area contributed by atoms with Crippen LogP contribution in [0.1, 0.15) is 66.2 Å². The number of hydrogen-bond acceptors (Lipinski definition) is 1. The molecule has 0 aliphatic carbocycles. The summed E-state index contributed by atoms with van der Waals surface area (Å²) < 4.78 is 0. The molecule has 16 heavy (non-hydrogen) atoms. The van der Waals surface area contributed by atoms with E-state index in [4.69, 9.17) is 0 Å². The highest BCUT2D eigenvalue weighted by molar-refractivity contribution is 6.77. The van der Waals surface area contributed by atoms with Gasteiger partial charge in [0.1, 0.15) is 8.24 Å². The Morgan fingerprint density at radius 3 is 1.75 bits per heavy atom. The second-order valence-electron chi connectivity index (χ2n) is 5.16. The molecule has 0 atom stereocenters. The molecule has 0 unspecified atom stereocenters. The van der Waals surface area contributed by atoms with Gasteiger partial charge in [-0.3, -0.25) is 0 Å². The van der Waals surface area contributed by atoms with Crippen molar-refractivity contribution in [2.45, 2.75) is 84.4 Å². The number of unbranched alkanes of at least 4 members (excludes halogenated alkanes) is 2. The van der Waals surface area contributed by atoms with Crippen LogP contribution in [0.25, 0.3) is 0 Å². The molecule has 0 aromatic carbocycles. The van der Waals surface area contributed by atoms with Gasteiger partial charge in [0, 0.05) is 0 Å². The summed E-state index contributed by atoms with van der Waals surface area (Å²) in [5, 5.41) is 0. The monoisotopic (exact) mass is 243 g/mol. The van der Waals surface area contributed by atoms with E-state index in [1.807, 2.05) is 0 Å². The van der Waals surface area contributed by atoms with Crippen molar-refractivity contribution in [2.24, 2.45) is 0 Å². The molecule has 98 valence electrons. The lowest BCUT2D eigenvalue weighted by Gasteiger charge is -2.32. The van der Waals surface area contributed by atoms with E-state index in [1.165, 1.54) is 63.2 Å². The molecule has 0 aromatic rings. The van der Waals surface area contributed by atoms with Gasteiger partial charge in [0.25, 0.3) is 0 Å². The van der Waals surface area contributed by atoms with Crippen molar-refractivity contribution >= 4 is 8.24 Å². The summed E-state index contributed by atoms with van der Waals surface area (Å²) in [7, 11) is -1.10. The highest BCUT2D eigenvalue weighted by Crippen LogP contribution is 2.24. The molecule has 0 rings (SSSR count). The minimum Gasteiger partial charge on any atom is -0.337 e. The molecule has 0 aromatic heterocycles. The first-order chi connectivity index (χ1) is 7.74. The van der Waals surface area contributed by atoms with Crippen LogP contribution in [0.15, 0.2) is 0 Å². The normalized spacial score (nSPS) is 12.0. The summed E-state index contributed by atoms with van der Waals surface area (Å²) in [5.74, 6) is 0. The molecule has 0 aliphatic heterocycles. The fourth-order valence-electron chi connectivity index (χ4n) is 2.70. The zero-order chi connectivity index (χ0) is 12.3. The Morgan fingerprint density at radius 2 is 1.31 bits per heavy atom. The maximum atomic E-state index is 3.98. The van der Waals surface area contributed by atoms with E-state index in [-0.39, 0.29) is 0 Å². The van der Waals surface area contributed by atoms with Crippen molar-refractivity contribution in [1.29, 1.82) is 0 Å². The standard InChI is InChI=1S/C14H33NSi/c1-5-9-10-14-16(12-7-3,13-8-4)15-11-6-2/h15H,5-14H2,1-4H3. The molecule has 0 heterocycles. The van der Waals surface area contributed by atoms with Crippen LogP contribution in [-0.4, -0.2) is 14.8 Å². The fourth-order valence-corrected chi connectivity index (χ4v) is 7.60. The molecule has 0 spiro atoms. The van der Waals surface area contributed by atoms with Gasteiger partial charge in [0.15, 0.2) is 0 Å². The molecule has 1 nitrogen and oxygen atoms in total. The van der Waals surface area contributed by atoms with E-state index in [1.54, 1.807) is 0 Å². The van der Waals surface area contributed by atoms with E-state index in [2.05, 4.69) is 32.7 Å². The average molecular weight is 244 g/mol. The summed E-state index contributed by atoms with van der Waals surface area (Å²) in [5.41, 5.74) is 0. The SMILES string of the molecule is CCCCC[Si](CCC)(CCC)NCCC. The molecule has 0 aliphatic rings. The number of hydrogen-bond donors (Lipinski definition) is 1. The molecule has 0 amide bonds. The predicted octanol–water partition coefficient (Wildman–Crippen LogP) is 4.94. The zero-order valence-electron chi connectivity index (χ0n) is 12.1. The Labute approximate surface area is 104 Å². The van der Waals surface area contributed by atoms with Crippen molar-refractivity contribution in [2.75, 3.05) is 6.54 Å². The third kappa shape index (κ3) is 6.69. The van der Waals surface area contributed by atoms with E-state index in [0.717, 1.165) is 0 Å². The van der Waals surface area contributed by atoms with Crippen molar-refractivity contribution in [3.63, 3.8) is 0 Å². The van der Waals surface area contributed by atoms with Gasteiger partial charge in [-0.15, -0.1) is 0 Å². The molecule has 0 fully saturated rings. The van der Waals surface area contributed by atoms with Gasteiger partial charge >= 0.3 is 0 Å². The Bertz CT molecular complexity index is 142. The summed E-state index contributed by atoms with van der Waals surface area (Å²) in [4.78, 5) is 3.98. The highest BCUT2D eigenvalue weighted by Gasteiger charge is 2.29. The number of rotatable bonds is 11. The molecule has 0 saturated carbocycles. The molecular formula is C14H33NSi. The zero-order valence-corrected chi connectivity index (χ0v) is 13.1. The molecule has 0 bridgehead atoms. The van der Waals surface area contributed by atoms with E-state index in [9.17, 15) is 0 Å². The van der Waals surface area contributed by atoms with Crippen molar-refractivity contribution in [3.8, 4) is 0 Å². The lowest BCUT2D eigenvalue weighted by Crippen LogP contribution is -2.50. The lowest BCUT2D eigenvalue weighted by molar-refractivity contribution is 0.726. The summed E-state index contributed by atoms with van der Waals surface area (Å²) in [6.45, 7) is 10.5. The first-order valence-electron chi connectivity index (χ1n) is 7.49. The summed E-state index contributed by atoms with van der Waals surface area (Å²) in [6.07, 6.45) is 8.27. The van der Waals surface area contributed by atoms with Crippen LogP contribution in [0.2, 0.25) is 18.1 Å². The second kappa shape index (κ2) is 10.3. The lowest BCUT2D eigenvalue weighted by atomic mass is 10.3. The Hall–Kier alpha value is 0.177. The molecular weight excluding hydrogens is 210 g/mol. The van der Waals surface area contributed by atoms with E-state index in [0.29, 0.717) is 0 Å². The van der Waals surface area contributed by atoms with Crippen LogP contribution in [0, 0.1) is 0 Å². The Balaban J connectivity index is 4.24. The summed E-state index contributed by atoms with van der Waals surface area (Å²) in [6, 6.07) is 4.50. The van der Waals surface area contributed by atoms with Crippen molar-refractivity contribution in [1.82, 2.24) is 4.98 Å². The van der Waals surface area contributed by atoms with Crippen LogP contribution in [-0.2, 0) is 0 Å². The quantitative estimate of drug-likeness (QED) is 0.400. The van der Waals surface area contributed by atoms with Gasteiger partial charge < -0.3 is 4.98 Å². The van der Waals surface area contributed by atoms with Crippen molar-refractivity contribution in [3.05, 3.63) is 0 Å². The maximum Gasteiger partial charge on any atom is 0.125 e. The van der Waals surface area contributed by atoms with Gasteiger partial charge in [-0.05, 0) is 31.1 Å². The molecule has 1 N–H and O–H groups in total. The van der Waals surface area contributed by atoms with Gasteiger partial charge in [0.05, 0.1) is 0 Å². The van der Waals surface area contributed by atoms with Gasteiger partial charge in [-0.2, -0.15) is 0 Å². The van der Waals surface area contributed by atoms with E-state index < -0.39 is 8.24 Å². The third-order valence-corrected chi connectivity index (χ3v) is 8.69. The van der Waals surface area contributed by atoms with Crippen LogP contribution in [0.5, 0.6) is 0 Å². The topological polar surface area (TPSA) is 12.0 Å². The number of nitrogens with one attached hydrogen (secondary N) is 1. The highest BCUT2D eigenvalue weighted by atomic mass is 28.3. The van der Waals surface area contributed by atoms with E-state index >= 15 is 0 Å². The minimum atomic E-state index is -1.10. The maximum absolute atomic E-state index is 3.98. The van der Waals surface area contributed by atoms with Crippen LogP contribution < -0.4 is 4.98 Å². The largest absolute Gasteiger partial charge is 0.337 e.